The molecule has 1 fully saturated rings. The summed E-state index contributed by atoms with van der Waals surface area (Å²) < 4.78 is 0. The fraction of sp³-hybridized carbons (Fsp3) is 0.467. The number of carboxylic acids is 1. The summed E-state index contributed by atoms with van der Waals surface area (Å²) >= 11 is 1.56. The Balaban J connectivity index is 2.02. The van der Waals surface area contributed by atoms with Gasteiger partial charge in [0, 0.05) is 31.1 Å². The Morgan fingerprint density at radius 3 is 2.38 bits per heavy atom. The Morgan fingerprint density at radius 2 is 1.81 bits per heavy atom. The summed E-state index contributed by atoms with van der Waals surface area (Å²) in [5.74, 6) is -0.787. The molecule has 0 radical (unpaired) electrons. The van der Waals surface area contributed by atoms with Gasteiger partial charge in [0.25, 0.3) is 5.91 Å². The molecule has 5 nitrogen and oxygen atoms in total. The molecule has 114 valence electrons. The number of thioether (sulfide) groups is 1. The van der Waals surface area contributed by atoms with E-state index in [0.717, 1.165) is 10.5 Å². The van der Waals surface area contributed by atoms with E-state index in [0.29, 0.717) is 26.2 Å². The summed E-state index contributed by atoms with van der Waals surface area (Å²) in [4.78, 5) is 28.2. The van der Waals surface area contributed by atoms with Gasteiger partial charge in [0.2, 0.25) is 0 Å². The first-order chi connectivity index (χ1) is 10.0. The number of carbonyl (C=O) groups excluding carboxylic acids is 1. The first kappa shape index (κ1) is 15.9. The van der Waals surface area contributed by atoms with E-state index in [1.54, 1.807) is 23.6 Å². The number of amides is 1. The number of benzene rings is 1. The predicted octanol–water partition coefficient (Wildman–Crippen LogP) is 1.64. The predicted molar refractivity (Wildman–Crippen MR) is 82.8 cm³/mol. The van der Waals surface area contributed by atoms with Gasteiger partial charge in [-0.2, -0.15) is 0 Å². The number of aliphatic carboxylic acids is 1. The van der Waals surface area contributed by atoms with Gasteiger partial charge < -0.3 is 10.0 Å². The van der Waals surface area contributed by atoms with Gasteiger partial charge in [-0.05, 0) is 25.3 Å². The van der Waals surface area contributed by atoms with Crippen molar-refractivity contribution in [2.75, 3.05) is 32.4 Å². The number of piperazine rings is 1. The molecule has 1 amide bonds. The minimum Gasteiger partial charge on any atom is -0.480 e. The van der Waals surface area contributed by atoms with E-state index in [1.807, 2.05) is 35.4 Å². The Labute approximate surface area is 128 Å². The molecule has 1 aliphatic rings. The molecule has 21 heavy (non-hydrogen) atoms. The van der Waals surface area contributed by atoms with Crippen molar-refractivity contribution in [1.29, 1.82) is 0 Å². The van der Waals surface area contributed by atoms with Gasteiger partial charge in [-0.15, -0.1) is 11.8 Å². The van der Waals surface area contributed by atoms with Crippen molar-refractivity contribution in [1.82, 2.24) is 9.80 Å². The van der Waals surface area contributed by atoms with Crippen LogP contribution in [0.4, 0.5) is 0 Å². The molecular weight excluding hydrogens is 288 g/mol. The third-order valence-electron chi connectivity index (χ3n) is 3.84. The average Bonchev–Trinajstić information content (AvgIpc) is 2.53. The molecule has 1 aliphatic heterocycles. The number of carbonyl (C=O) groups is 2. The lowest BCUT2D eigenvalue weighted by Gasteiger charge is -2.36. The lowest BCUT2D eigenvalue weighted by molar-refractivity contribution is -0.143. The number of hydrogen-bond donors (Lipinski definition) is 1. The fourth-order valence-electron chi connectivity index (χ4n) is 2.46. The van der Waals surface area contributed by atoms with Gasteiger partial charge in [-0.1, -0.05) is 12.1 Å². The summed E-state index contributed by atoms with van der Waals surface area (Å²) in [6, 6.07) is 7.09. The van der Waals surface area contributed by atoms with Crippen LogP contribution in [0.1, 0.15) is 17.3 Å². The molecule has 2 rings (SSSR count). The molecule has 1 unspecified atom stereocenters. The Hall–Kier alpha value is -1.53. The van der Waals surface area contributed by atoms with Crippen LogP contribution in [0.3, 0.4) is 0 Å². The standard InChI is InChI=1S/C15H20N2O3S/c1-11(15(19)20)16-7-9-17(10-8-16)14(18)12-5-3-4-6-13(12)21-2/h3-6,11H,7-10H2,1-2H3,(H,19,20). The zero-order valence-electron chi connectivity index (χ0n) is 12.3. The van der Waals surface area contributed by atoms with E-state index < -0.39 is 12.0 Å². The third kappa shape index (κ3) is 3.57. The first-order valence-electron chi connectivity index (χ1n) is 6.93. The highest BCUT2D eigenvalue weighted by Crippen LogP contribution is 2.22. The quantitative estimate of drug-likeness (QED) is 0.857. The molecule has 1 atom stereocenters. The van der Waals surface area contributed by atoms with Gasteiger partial charge in [-0.3, -0.25) is 14.5 Å². The highest BCUT2D eigenvalue weighted by Gasteiger charge is 2.28. The van der Waals surface area contributed by atoms with Crippen molar-refractivity contribution in [3.63, 3.8) is 0 Å². The average molecular weight is 308 g/mol. The molecule has 0 aromatic heterocycles. The van der Waals surface area contributed by atoms with Crippen LogP contribution in [-0.4, -0.2) is 65.3 Å². The van der Waals surface area contributed by atoms with Crippen molar-refractivity contribution < 1.29 is 14.7 Å². The largest absolute Gasteiger partial charge is 0.480 e. The second kappa shape index (κ2) is 6.95. The van der Waals surface area contributed by atoms with Crippen LogP contribution < -0.4 is 0 Å². The molecule has 1 N–H and O–H groups in total. The number of carboxylic acid groups (broad SMARTS) is 1. The van der Waals surface area contributed by atoms with Crippen molar-refractivity contribution in [2.45, 2.75) is 17.9 Å². The summed E-state index contributed by atoms with van der Waals surface area (Å²) in [5.41, 5.74) is 0.727. The van der Waals surface area contributed by atoms with E-state index in [2.05, 4.69) is 0 Å². The maximum atomic E-state index is 12.6. The lowest BCUT2D eigenvalue weighted by atomic mass is 10.1. The molecule has 0 aliphatic carbocycles. The first-order valence-corrected chi connectivity index (χ1v) is 8.16. The summed E-state index contributed by atoms with van der Waals surface area (Å²) in [6.45, 7) is 4.02. The van der Waals surface area contributed by atoms with Crippen molar-refractivity contribution in [2.24, 2.45) is 0 Å². The zero-order valence-corrected chi connectivity index (χ0v) is 13.1. The molecule has 1 heterocycles. The van der Waals surface area contributed by atoms with Crippen molar-refractivity contribution in [3.05, 3.63) is 29.8 Å². The molecule has 0 spiro atoms. The molecule has 1 saturated heterocycles. The molecule has 6 heteroatoms. The molecular formula is C15H20N2O3S. The van der Waals surface area contributed by atoms with Crippen LogP contribution >= 0.6 is 11.8 Å². The lowest BCUT2D eigenvalue weighted by Crippen LogP contribution is -2.53. The minimum absolute atomic E-state index is 0.0302. The minimum atomic E-state index is -0.817. The van der Waals surface area contributed by atoms with E-state index >= 15 is 0 Å². The van der Waals surface area contributed by atoms with Crippen LogP contribution in [0.25, 0.3) is 0 Å². The monoisotopic (exact) mass is 308 g/mol. The van der Waals surface area contributed by atoms with Crippen molar-refractivity contribution in [3.8, 4) is 0 Å². The maximum Gasteiger partial charge on any atom is 0.320 e. The van der Waals surface area contributed by atoms with Gasteiger partial charge in [-0.25, -0.2) is 0 Å². The van der Waals surface area contributed by atoms with Crippen LogP contribution in [0.2, 0.25) is 0 Å². The van der Waals surface area contributed by atoms with Crippen molar-refractivity contribution >= 4 is 23.6 Å². The summed E-state index contributed by atoms with van der Waals surface area (Å²) in [5, 5.41) is 9.03. The molecule has 1 aromatic rings. The van der Waals surface area contributed by atoms with Crippen LogP contribution in [0.5, 0.6) is 0 Å². The second-order valence-corrected chi connectivity index (χ2v) is 5.89. The van der Waals surface area contributed by atoms with Gasteiger partial charge in [0.15, 0.2) is 0 Å². The van der Waals surface area contributed by atoms with Gasteiger partial charge in [0.1, 0.15) is 6.04 Å². The molecule has 1 aromatic carbocycles. The van der Waals surface area contributed by atoms with Crippen LogP contribution in [0.15, 0.2) is 29.2 Å². The van der Waals surface area contributed by atoms with E-state index in [9.17, 15) is 9.59 Å². The van der Waals surface area contributed by atoms with Crippen LogP contribution in [-0.2, 0) is 4.79 Å². The van der Waals surface area contributed by atoms with E-state index in [1.165, 1.54) is 0 Å². The fourth-order valence-corrected chi connectivity index (χ4v) is 3.05. The topological polar surface area (TPSA) is 60.9 Å². The van der Waals surface area contributed by atoms with E-state index in [4.69, 9.17) is 5.11 Å². The highest BCUT2D eigenvalue weighted by atomic mass is 32.2. The van der Waals surface area contributed by atoms with E-state index in [-0.39, 0.29) is 5.91 Å². The number of nitrogens with zero attached hydrogens (tertiary/aromatic N) is 2. The third-order valence-corrected chi connectivity index (χ3v) is 4.64. The second-order valence-electron chi connectivity index (χ2n) is 5.04. The number of hydrogen-bond acceptors (Lipinski definition) is 4. The maximum absolute atomic E-state index is 12.6. The summed E-state index contributed by atoms with van der Waals surface area (Å²) in [7, 11) is 0. The van der Waals surface area contributed by atoms with Crippen LogP contribution in [0, 0.1) is 0 Å². The number of rotatable bonds is 4. The Bertz CT molecular complexity index is 527. The Morgan fingerprint density at radius 1 is 1.19 bits per heavy atom. The summed E-state index contributed by atoms with van der Waals surface area (Å²) in [6.07, 6.45) is 1.96. The SMILES string of the molecule is CSc1ccccc1C(=O)N1CCN(C(C)C(=O)O)CC1. The highest BCUT2D eigenvalue weighted by molar-refractivity contribution is 7.98. The normalized spacial score (nSPS) is 17.5. The zero-order chi connectivity index (χ0) is 15.4. The van der Waals surface area contributed by atoms with Gasteiger partial charge in [0.05, 0.1) is 5.56 Å². The Kier molecular flexibility index (Phi) is 5.25. The van der Waals surface area contributed by atoms with Gasteiger partial charge >= 0.3 is 5.97 Å². The smallest absolute Gasteiger partial charge is 0.320 e. The molecule has 0 bridgehead atoms. The molecule has 0 saturated carbocycles.